The number of carbonyl (C=O) groups excluding carboxylic acids is 1. The highest BCUT2D eigenvalue weighted by atomic mass is 19.1. The summed E-state index contributed by atoms with van der Waals surface area (Å²) in [5, 5.41) is 2.77. The van der Waals surface area contributed by atoms with Gasteiger partial charge in [-0.2, -0.15) is 0 Å². The lowest BCUT2D eigenvalue weighted by Crippen LogP contribution is -2.24. The Hall–Kier alpha value is -1.38. The average molecular weight is 225 g/mol. The molecule has 0 spiro atoms. The van der Waals surface area contributed by atoms with Gasteiger partial charge in [0.1, 0.15) is 0 Å². The predicted molar refractivity (Wildman–Crippen MR) is 65.7 cm³/mol. The van der Waals surface area contributed by atoms with E-state index in [1.807, 2.05) is 13.0 Å². The van der Waals surface area contributed by atoms with E-state index >= 15 is 0 Å². The number of hydrogen-bond acceptors (Lipinski definition) is 1. The summed E-state index contributed by atoms with van der Waals surface area (Å²) in [4.78, 5) is 11.1. The fourth-order valence-electron chi connectivity index (χ4n) is 1.13. The lowest BCUT2D eigenvalue weighted by molar-refractivity contribution is -0.120. The first-order chi connectivity index (χ1) is 7.56. The number of halogens is 1. The molecule has 0 radical (unpaired) electrons. The van der Waals surface area contributed by atoms with Gasteiger partial charge < -0.3 is 5.32 Å². The van der Waals surface area contributed by atoms with Crippen molar-refractivity contribution in [3.8, 4) is 0 Å². The molecule has 0 bridgehead atoms. The van der Waals surface area contributed by atoms with Crippen LogP contribution in [0, 0.1) is 0 Å². The molecule has 0 aromatic carbocycles. The number of unbranched alkanes of at least 4 members (excludes halogenated alkanes) is 1. The predicted octanol–water partition coefficient (Wildman–Crippen LogP) is 3.28. The Balaban J connectivity index is 3.75. The van der Waals surface area contributed by atoms with Gasteiger partial charge in [0.2, 0.25) is 5.91 Å². The van der Waals surface area contributed by atoms with E-state index in [2.05, 4.69) is 11.9 Å². The number of carbonyl (C=O) groups is 1. The zero-order valence-electron chi connectivity index (χ0n) is 10.1. The van der Waals surface area contributed by atoms with Gasteiger partial charge in [0, 0.05) is 13.0 Å². The van der Waals surface area contributed by atoms with Crippen LogP contribution in [-0.2, 0) is 4.79 Å². The van der Waals surface area contributed by atoms with E-state index in [9.17, 15) is 9.18 Å². The highest BCUT2D eigenvalue weighted by Gasteiger charge is 1.96. The van der Waals surface area contributed by atoms with Gasteiger partial charge in [0.15, 0.2) is 0 Å². The minimum atomic E-state index is -0.148. The van der Waals surface area contributed by atoms with E-state index in [4.69, 9.17) is 0 Å². The summed E-state index contributed by atoms with van der Waals surface area (Å²) < 4.78 is 12.3. The van der Waals surface area contributed by atoms with E-state index in [1.165, 1.54) is 6.92 Å². The van der Waals surface area contributed by atoms with Crippen molar-refractivity contribution in [2.75, 3.05) is 6.54 Å². The molecule has 0 saturated heterocycles. The largest absolute Gasteiger partial charge is 0.352 e. The summed E-state index contributed by atoms with van der Waals surface area (Å²) in [5.41, 5.74) is 1.09. The molecule has 0 aliphatic carbocycles. The fraction of sp³-hybridized carbons (Fsp3) is 0.462. The molecule has 90 valence electrons. The molecular weight excluding hydrogens is 205 g/mol. The molecule has 0 atom stereocenters. The van der Waals surface area contributed by atoms with Crippen molar-refractivity contribution in [2.45, 2.75) is 33.1 Å². The Morgan fingerprint density at radius 2 is 1.94 bits per heavy atom. The molecule has 0 aromatic rings. The SMILES string of the molecule is C=CCC(=O)NC/C(C)=C/CC/C=C(\C)F. The Morgan fingerprint density at radius 1 is 1.31 bits per heavy atom. The van der Waals surface area contributed by atoms with Gasteiger partial charge in [0.05, 0.1) is 5.83 Å². The average Bonchev–Trinajstić information content (AvgIpc) is 2.22. The Labute approximate surface area is 96.9 Å². The highest BCUT2D eigenvalue weighted by molar-refractivity contribution is 5.77. The lowest BCUT2D eigenvalue weighted by Gasteiger charge is -2.03. The minimum Gasteiger partial charge on any atom is -0.352 e. The van der Waals surface area contributed by atoms with E-state index in [0.717, 1.165) is 12.0 Å². The maximum atomic E-state index is 12.3. The van der Waals surface area contributed by atoms with Crippen LogP contribution in [0.25, 0.3) is 0 Å². The smallest absolute Gasteiger partial charge is 0.224 e. The van der Waals surface area contributed by atoms with Gasteiger partial charge in [-0.3, -0.25) is 4.79 Å². The third-order valence-corrected chi connectivity index (χ3v) is 1.98. The van der Waals surface area contributed by atoms with Crippen LogP contribution in [0.3, 0.4) is 0 Å². The molecule has 0 aliphatic rings. The standard InChI is InChI=1S/C13H20FNO/c1-4-7-13(16)15-10-11(2)8-5-6-9-12(3)14/h4,8-9H,1,5-7,10H2,2-3H3,(H,15,16)/b11-8+,12-9+. The number of allylic oxidation sites excluding steroid dienone is 3. The molecule has 0 unspecified atom stereocenters. The van der Waals surface area contributed by atoms with Crippen LogP contribution in [0.15, 0.2) is 36.2 Å². The quantitative estimate of drug-likeness (QED) is 0.523. The van der Waals surface area contributed by atoms with Crippen LogP contribution in [-0.4, -0.2) is 12.5 Å². The third-order valence-electron chi connectivity index (χ3n) is 1.98. The second-order valence-corrected chi connectivity index (χ2v) is 3.69. The van der Waals surface area contributed by atoms with Crippen LogP contribution in [0.4, 0.5) is 4.39 Å². The summed E-state index contributed by atoms with van der Waals surface area (Å²) in [5.74, 6) is -0.174. The van der Waals surface area contributed by atoms with Crippen LogP contribution < -0.4 is 5.32 Å². The van der Waals surface area contributed by atoms with E-state index in [0.29, 0.717) is 19.4 Å². The Morgan fingerprint density at radius 3 is 2.50 bits per heavy atom. The second kappa shape index (κ2) is 8.89. The lowest BCUT2D eigenvalue weighted by atomic mass is 10.2. The molecule has 16 heavy (non-hydrogen) atoms. The molecule has 1 amide bonds. The van der Waals surface area contributed by atoms with Crippen LogP contribution >= 0.6 is 0 Å². The van der Waals surface area contributed by atoms with Gasteiger partial charge in [-0.1, -0.05) is 23.8 Å². The number of amides is 1. The Bertz CT molecular complexity index is 288. The molecule has 0 fully saturated rings. The molecule has 3 heteroatoms. The minimum absolute atomic E-state index is 0.0257. The second-order valence-electron chi connectivity index (χ2n) is 3.69. The summed E-state index contributed by atoms with van der Waals surface area (Å²) in [6.45, 7) is 7.42. The number of hydrogen-bond donors (Lipinski definition) is 1. The first-order valence-corrected chi connectivity index (χ1v) is 5.41. The molecule has 0 aromatic heterocycles. The van der Waals surface area contributed by atoms with Gasteiger partial charge in [-0.05, 0) is 26.7 Å². The first-order valence-electron chi connectivity index (χ1n) is 5.41. The zero-order chi connectivity index (χ0) is 12.4. The van der Waals surface area contributed by atoms with Crippen molar-refractivity contribution in [3.05, 3.63) is 36.2 Å². The van der Waals surface area contributed by atoms with Crippen LogP contribution in [0.5, 0.6) is 0 Å². The number of nitrogens with one attached hydrogen (secondary N) is 1. The highest BCUT2D eigenvalue weighted by Crippen LogP contribution is 2.02. The number of rotatable bonds is 7. The van der Waals surface area contributed by atoms with Gasteiger partial charge in [-0.15, -0.1) is 6.58 Å². The van der Waals surface area contributed by atoms with Gasteiger partial charge in [0.25, 0.3) is 0 Å². The third kappa shape index (κ3) is 9.19. The van der Waals surface area contributed by atoms with Crippen molar-refractivity contribution in [1.29, 1.82) is 0 Å². The maximum Gasteiger partial charge on any atom is 0.224 e. The molecule has 0 saturated carbocycles. The molecule has 0 heterocycles. The van der Waals surface area contributed by atoms with Crippen molar-refractivity contribution < 1.29 is 9.18 Å². The maximum absolute atomic E-state index is 12.3. The molecule has 0 rings (SSSR count). The van der Waals surface area contributed by atoms with Crippen molar-refractivity contribution in [1.82, 2.24) is 5.32 Å². The monoisotopic (exact) mass is 225 g/mol. The van der Waals surface area contributed by atoms with Crippen LogP contribution in [0.1, 0.15) is 33.1 Å². The normalized spacial score (nSPS) is 12.4. The van der Waals surface area contributed by atoms with Gasteiger partial charge >= 0.3 is 0 Å². The van der Waals surface area contributed by atoms with Gasteiger partial charge in [-0.25, -0.2) is 4.39 Å². The molecule has 0 aliphatic heterocycles. The fourth-order valence-corrected chi connectivity index (χ4v) is 1.13. The summed E-state index contributed by atoms with van der Waals surface area (Å²) in [6.07, 6.45) is 6.97. The molecule has 1 N–H and O–H groups in total. The first kappa shape index (κ1) is 14.6. The van der Waals surface area contributed by atoms with E-state index < -0.39 is 0 Å². The molecular formula is C13H20FNO. The molecule has 2 nitrogen and oxygen atoms in total. The summed E-state index contributed by atoms with van der Waals surface area (Å²) >= 11 is 0. The van der Waals surface area contributed by atoms with E-state index in [1.54, 1.807) is 12.2 Å². The summed E-state index contributed by atoms with van der Waals surface area (Å²) in [6, 6.07) is 0. The van der Waals surface area contributed by atoms with Crippen LogP contribution in [0.2, 0.25) is 0 Å². The van der Waals surface area contributed by atoms with Crippen molar-refractivity contribution >= 4 is 5.91 Å². The summed E-state index contributed by atoms with van der Waals surface area (Å²) in [7, 11) is 0. The van der Waals surface area contributed by atoms with E-state index in [-0.39, 0.29) is 11.7 Å². The Kier molecular flexibility index (Phi) is 8.12. The van der Waals surface area contributed by atoms with Crippen molar-refractivity contribution in [2.24, 2.45) is 0 Å². The zero-order valence-corrected chi connectivity index (χ0v) is 10.1. The van der Waals surface area contributed by atoms with Crippen molar-refractivity contribution in [3.63, 3.8) is 0 Å². The topological polar surface area (TPSA) is 29.1 Å².